The maximum absolute atomic E-state index is 11.3. The molecule has 0 saturated heterocycles. The monoisotopic (exact) mass is 346 g/mol. The van der Waals surface area contributed by atoms with Gasteiger partial charge in [-0.15, -0.1) is 0 Å². The first-order chi connectivity index (χ1) is 12.2. The predicted octanol–water partition coefficient (Wildman–Crippen LogP) is 5.39. The largest absolute Gasteiger partial charge is 0.313 e. The average Bonchev–Trinajstić information content (AvgIpc) is 2.60. The van der Waals surface area contributed by atoms with Crippen molar-refractivity contribution in [1.29, 1.82) is 0 Å². The molecular formula is C23H26N2O. The van der Waals surface area contributed by atoms with Gasteiger partial charge in [0.15, 0.2) is 0 Å². The number of para-hydroxylation sites is 1. The Labute approximate surface area is 155 Å². The summed E-state index contributed by atoms with van der Waals surface area (Å²) in [6.07, 6.45) is 1.90. The molecule has 0 radical (unpaired) electrons. The minimum Gasteiger partial charge on any atom is -0.313 e. The molecule has 2 aromatic carbocycles. The van der Waals surface area contributed by atoms with Crippen LogP contribution in [0, 0.1) is 6.92 Å². The molecule has 1 N–H and O–H groups in total. The zero-order valence-corrected chi connectivity index (χ0v) is 16.1. The molecule has 1 aliphatic heterocycles. The summed E-state index contributed by atoms with van der Waals surface area (Å²) in [4.78, 5) is 4.63. The number of benzene rings is 2. The molecule has 3 nitrogen and oxygen atoms in total. The van der Waals surface area contributed by atoms with Crippen molar-refractivity contribution in [2.75, 3.05) is 0 Å². The summed E-state index contributed by atoms with van der Waals surface area (Å²) in [5, 5.41) is 13.9. The van der Waals surface area contributed by atoms with Crippen molar-refractivity contribution in [2.24, 2.45) is 0 Å². The number of aromatic nitrogens is 1. The van der Waals surface area contributed by atoms with Crippen LogP contribution in [0.4, 0.5) is 0 Å². The number of rotatable bonds is 1. The Kier molecular flexibility index (Phi) is 3.73. The first-order valence-corrected chi connectivity index (χ1v) is 9.17. The molecule has 3 heteroatoms. The van der Waals surface area contributed by atoms with Gasteiger partial charge in [0.2, 0.25) is 0 Å². The van der Waals surface area contributed by atoms with Gasteiger partial charge in [0.25, 0.3) is 0 Å². The van der Waals surface area contributed by atoms with E-state index >= 15 is 0 Å². The van der Waals surface area contributed by atoms with Gasteiger partial charge in [-0.05, 0) is 49.6 Å². The highest BCUT2D eigenvalue weighted by Crippen LogP contribution is 2.51. The second kappa shape index (κ2) is 5.63. The van der Waals surface area contributed by atoms with Crippen LogP contribution in [0.15, 0.2) is 54.7 Å². The van der Waals surface area contributed by atoms with Crippen molar-refractivity contribution >= 4 is 10.9 Å². The Morgan fingerprint density at radius 3 is 2.50 bits per heavy atom. The third-order valence-corrected chi connectivity index (χ3v) is 6.45. The van der Waals surface area contributed by atoms with E-state index in [-0.39, 0.29) is 11.5 Å². The molecule has 0 aliphatic carbocycles. The van der Waals surface area contributed by atoms with E-state index in [4.69, 9.17) is 0 Å². The van der Waals surface area contributed by atoms with Crippen molar-refractivity contribution < 1.29 is 5.21 Å². The van der Waals surface area contributed by atoms with Crippen LogP contribution in [0.5, 0.6) is 0 Å². The van der Waals surface area contributed by atoms with E-state index in [2.05, 4.69) is 69.9 Å². The number of nitrogens with zero attached hydrogens (tertiary/aromatic N) is 2. The highest BCUT2D eigenvalue weighted by Gasteiger charge is 2.51. The molecule has 0 amide bonds. The molecule has 0 bridgehead atoms. The first-order valence-electron chi connectivity index (χ1n) is 9.17. The van der Waals surface area contributed by atoms with Gasteiger partial charge in [-0.2, -0.15) is 5.06 Å². The molecule has 4 rings (SSSR count). The quantitative estimate of drug-likeness (QED) is 0.641. The van der Waals surface area contributed by atoms with Crippen LogP contribution in [0.3, 0.4) is 0 Å². The molecule has 1 unspecified atom stereocenters. The van der Waals surface area contributed by atoms with Gasteiger partial charge < -0.3 is 5.21 Å². The van der Waals surface area contributed by atoms with E-state index in [1.807, 2.05) is 24.4 Å². The zero-order valence-electron chi connectivity index (χ0n) is 16.1. The SMILES string of the molecule is Cc1ccc2c(c1)C(c1cnc3ccccc3c1)N(O)C(C)(C)C2(C)C. The minimum absolute atomic E-state index is 0.189. The molecule has 0 spiro atoms. The zero-order chi connectivity index (χ0) is 18.7. The molecular weight excluding hydrogens is 320 g/mol. The van der Waals surface area contributed by atoms with E-state index in [0.29, 0.717) is 0 Å². The molecule has 0 saturated carbocycles. The predicted molar refractivity (Wildman–Crippen MR) is 105 cm³/mol. The molecule has 134 valence electrons. The van der Waals surface area contributed by atoms with Gasteiger partial charge in [-0.25, -0.2) is 0 Å². The number of aryl methyl sites for hydroxylation is 1. The summed E-state index contributed by atoms with van der Waals surface area (Å²) in [5.74, 6) is 0. The molecule has 2 heterocycles. The fourth-order valence-corrected chi connectivity index (χ4v) is 4.11. The maximum Gasteiger partial charge on any atom is 0.0874 e. The van der Waals surface area contributed by atoms with Crippen LogP contribution in [0.1, 0.15) is 56.0 Å². The number of hydrogen-bond acceptors (Lipinski definition) is 3. The van der Waals surface area contributed by atoms with Gasteiger partial charge in [-0.1, -0.05) is 55.8 Å². The number of hydroxylamine groups is 2. The van der Waals surface area contributed by atoms with E-state index in [9.17, 15) is 5.21 Å². The summed E-state index contributed by atoms with van der Waals surface area (Å²) in [7, 11) is 0. The normalized spacial score (nSPS) is 21.5. The van der Waals surface area contributed by atoms with Crippen molar-refractivity contribution in [3.63, 3.8) is 0 Å². The number of hydrogen-bond donors (Lipinski definition) is 1. The second-order valence-electron chi connectivity index (χ2n) is 8.48. The number of pyridine rings is 1. The van der Waals surface area contributed by atoms with Crippen LogP contribution in [0.25, 0.3) is 10.9 Å². The van der Waals surface area contributed by atoms with E-state index < -0.39 is 5.54 Å². The Hall–Kier alpha value is -2.23. The molecule has 3 aromatic rings. The van der Waals surface area contributed by atoms with Crippen LogP contribution < -0.4 is 0 Å². The number of fused-ring (bicyclic) bond motifs is 2. The lowest BCUT2D eigenvalue weighted by atomic mass is 9.63. The van der Waals surface area contributed by atoms with Gasteiger partial charge in [0.1, 0.15) is 0 Å². The van der Waals surface area contributed by atoms with Gasteiger partial charge in [-0.3, -0.25) is 4.98 Å². The van der Waals surface area contributed by atoms with Gasteiger partial charge in [0, 0.05) is 17.0 Å². The Bertz CT molecular complexity index is 990. The smallest absolute Gasteiger partial charge is 0.0874 e. The molecule has 1 atom stereocenters. The molecule has 26 heavy (non-hydrogen) atoms. The second-order valence-corrected chi connectivity index (χ2v) is 8.48. The summed E-state index contributed by atoms with van der Waals surface area (Å²) >= 11 is 0. The van der Waals surface area contributed by atoms with Crippen molar-refractivity contribution in [1.82, 2.24) is 10.0 Å². The van der Waals surface area contributed by atoms with Crippen LogP contribution in [0.2, 0.25) is 0 Å². The van der Waals surface area contributed by atoms with E-state index in [1.54, 1.807) is 0 Å². The lowest BCUT2D eigenvalue weighted by Crippen LogP contribution is -2.59. The highest BCUT2D eigenvalue weighted by molar-refractivity contribution is 5.79. The Balaban J connectivity index is 1.98. The lowest BCUT2D eigenvalue weighted by Gasteiger charge is -2.54. The van der Waals surface area contributed by atoms with Crippen LogP contribution in [-0.2, 0) is 5.41 Å². The summed E-state index contributed by atoms with van der Waals surface area (Å²) in [6, 6.07) is 16.6. The third kappa shape index (κ3) is 2.31. The fraction of sp³-hybridized carbons (Fsp3) is 0.348. The topological polar surface area (TPSA) is 36.4 Å². The van der Waals surface area contributed by atoms with Crippen LogP contribution >= 0.6 is 0 Å². The van der Waals surface area contributed by atoms with E-state index in [1.165, 1.54) is 16.2 Å². The molecule has 0 fully saturated rings. The summed E-state index contributed by atoms with van der Waals surface area (Å²) in [5.41, 5.74) is 5.02. The summed E-state index contributed by atoms with van der Waals surface area (Å²) in [6.45, 7) is 10.7. The van der Waals surface area contributed by atoms with Crippen molar-refractivity contribution in [3.05, 3.63) is 77.0 Å². The van der Waals surface area contributed by atoms with Crippen LogP contribution in [-0.4, -0.2) is 20.8 Å². The minimum atomic E-state index is -0.425. The summed E-state index contributed by atoms with van der Waals surface area (Å²) < 4.78 is 0. The van der Waals surface area contributed by atoms with Crippen molar-refractivity contribution in [2.45, 2.75) is 51.6 Å². The Morgan fingerprint density at radius 1 is 1.00 bits per heavy atom. The van der Waals surface area contributed by atoms with E-state index in [0.717, 1.165) is 22.0 Å². The highest BCUT2D eigenvalue weighted by atomic mass is 16.5. The molecule has 1 aliphatic rings. The maximum atomic E-state index is 11.3. The van der Waals surface area contributed by atoms with Gasteiger partial charge >= 0.3 is 0 Å². The van der Waals surface area contributed by atoms with Crippen molar-refractivity contribution in [3.8, 4) is 0 Å². The third-order valence-electron chi connectivity index (χ3n) is 6.45. The molecule has 1 aromatic heterocycles. The standard InChI is InChI=1S/C23H26N2O/c1-15-10-11-19-18(12-15)21(25(26)23(4,5)22(19,2)3)17-13-16-8-6-7-9-20(16)24-14-17/h6-14,21,26H,1-5H3. The fourth-order valence-electron chi connectivity index (χ4n) is 4.11. The van der Waals surface area contributed by atoms with Gasteiger partial charge in [0.05, 0.1) is 17.1 Å². The first kappa shape index (κ1) is 17.2. The lowest BCUT2D eigenvalue weighted by molar-refractivity contribution is -0.213. The average molecular weight is 346 g/mol. The Morgan fingerprint density at radius 2 is 1.73 bits per heavy atom.